The molecule has 1 aliphatic rings. The largest absolute Gasteiger partial charge is 0.377 e. The van der Waals surface area contributed by atoms with Crippen LogP contribution in [0.1, 0.15) is 53.4 Å². The lowest BCUT2D eigenvalue weighted by Crippen LogP contribution is -2.50. The van der Waals surface area contributed by atoms with Crippen LogP contribution in [0.25, 0.3) is 0 Å². The number of ether oxygens (including phenoxy) is 1. The van der Waals surface area contributed by atoms with Crippen molar-refractivity contribution >= 4 is 0 Å². The molecular weight excluding hydrogens is 186 g/mol. The third-order valence-corrected chi connectivity index (χ3v) is 3.64. The zero-order valence-electron chi connectivity index (χ0n) is 10.8. The summed E-state index contributed by atoms with van der Waals surface area (Å²) in [5.74, 6) is 0.720. The molecule has 2 unspecified atom stereocenters. The molecule has 1 aliphatic carbocycles. The fourth-order valence-electron chi connectivity index (χ4n) is 2.25. The minimum Gasteiger partial charge on any atom is -0.377 e. The molecule has 15 heavy (non-hydrogen) atoms. The van der Waals surface area contributed by atoms with Crippen molar-refractivity contribution in [2.24, 2.45) is 17.1 Å². The quantitative estimate of drug-likeness (QED) is 0.779. The highest BCUT2D eigenvalue weighted by atomic mass is 16.5. The zero-order valence-corrected chi connectivity index (χ0v) is 10.8. The van der Waals surface area contributed by atoms with Crippen LogP contribution >= 0.6 is 0 Å². The van der Waals surface area contributed by atoms with E-state index in [4.69, 9.17) is 10.5 Å². The Kier molecular flexibility index (Phi) is 4.60. The smallest absolute Gasteiger partial charge is 0.0731 e. The van der Waals surface area contributed by atoms with Crippen LogP contribution in [-0.2, 0) is 4.74 Å². The topological polar surface area (TPSA) is 35.2 Å². The predicted molar refractivity (Wildman–Crippen MR) is 64.8 cm³/mol. The maximum absolute atomic E-state index is 6.25. The first-order valence-electron chi connectivity index (χ1n) is 6.30. The van der Waals surface area contributed by atoms with Crippen LogP contribution in [0.3, 0.4) is 0 Å². The average Bonchev–Trinajstić information content (AvgIpc) is 2.12. The molecule has 0 bridgehead atoms. The molecule has 2 atom stereocenters. The SMILES string of the molecule is CC(C)CCOC1CCCC(C)(C)C1N. The van der Waals surface area contributed by atoms with E-state index in [1.807, 2.05) is 0 Å². The number of rotatable bonds is 4. The minimum absolute atomic E-state index is 0.207. The summed E-state index contributed by atoms with van der Waals surface area (Å²) in [6, 6.07) is 0.207. The lowest BCUT2D eigenvalue weighted by Gasteiger charge is -2.41. The molecule has 0 aromatic heterocycles. The average molecular weight is 213 g/mol. The van der Waals surface area contributed by atoms with E-state index < -0.39 is 0 Å². The van der Waals surface area contributed by atoms with E-state index in [0.717, 1.165) is 25.4 Å². The number of nitrogens with two attached hydrogens (primary N) is 1. The van der Waals surface area contributed by atoms with E-state index in [1.165, 1.54) is 12.8 Å². The van der Waals surface area contributed by atoms with Gasteiger partial charge in [-0.25, -0.2) is 0 Å². The molecule has 2 heteroatoms. The van der Waals surface area contributed by atoms with Crippen molar-refractivity contribution in [1.29, 1.82) is 0 Å². The third kappa shape index (κ3) is 3.76. The molecule has 2 nitrogen and oxygen atoms in total. The summed E-state index contributed by atoms with van der Waals surface area (Å²) in [6.07, 6.45) is 5.06. The van der Waals surface area contributed by atoms with Gasteiger partial charge in [0.25, 0.3) is 0 Å². The third-order valence-electron chi connectivity index (χ3n) is 3.64. The van der Waals surface area contributed by atoms with Gasteiger partial charge in [0.1, 0.15) is 0 Å². The second kappa shape index (κ2) is 5.31. The molecule has 0 aromatic rings. The van der Waals surface area contributed by atoms with E-state index in [0.29, 0.717) is 0 Å². The monoisotopic (exact) mass is 213 g/mol. The molecule has 0 spiro atoms. The second-order valence-corrected chi connectivity index (χ2v) is 6.00. The summed E-state index contributed by atoms with van der Waals surface area (Å²) in [6.45, 7) is 9.85. The van der Waals surface area contributed by atoms with Gasteiger partial charge in [0, 0.05) is 12.6 Å². The molecule has 1 rings (SSSR count). The summed E-state index contributed by atoms with van der Waals surface area (Å²) in [5, 5.41) is 0. The molecule has 0 aromatic carbocycles. The Balaban J connectivity index is 2.34. The molecular formula is C13H27NO. The highest BCUT2D eigenvalue weighted by Gasteiger charge is 2.36. The van der Waals surface area contributed by atoms with Crippen molar-refractivity contribution in [2.45, 2.75) is 65.5 Å². The fraction of sp³-hybridized carbons (Fsp3) is 1.00. The zero-order chi connectivity index (χ0) is 11.5. The first kappa shape index (κ1) is 13.0. The Morgan fingerprint density at radius 3 is 2.67 bits per heavy atom. The number of hydrogen-bond donors (Lipinski definition) is 1. The van der Waals surface area contributed by atoms with E-state index in [-0.39, 0.29) is 17.6 Å². The first-order chi connectivity index (χ1) is 6.93. The van der Waals surface area contributed by atoms with Crippen LogP contribution < -0.4 is 5.73 Å². The normalized spacial score (nSPS) is 30.8. The highest BCUT2D eigenvalue weighted by molar-refractivity contribution is 4.92. The summed E-state index contributed by atoms with van der Waals surface area (Å²) < 4.78 is 5.92. The molecule has 0 aliphatic heterocycles. The Labute approximate surface area is 94.6 Å². The fourth-order valence-corrected chi connectivity index (χ4v) is 2.25. The molecule has 2 N–H and O–H groups in total. The van der Waals surface area contributed by atoms with Gasteiger partial charge in [-0.3, -0.25) is 0 Å². The van der Waals surface area contributed by atoms with Crippen LogP contribution in [0, 0.1) is 11.3 Å². The van der Waals surface area contributed by atoms with Crippen LogP contribution in [0.15, 0.2) is 0 Å². The Bertz CT molecular complexity index is 189. The van der Waals surface area contributed by atoms with Gasteiger partial charge < -0.3 is 10.5 Å². The van der Waals surface area contributed by atoms with Crippen molar-refractivity contribution < 1.29 is 4.74 Å². The molecule has 0 radical (unpaired) electrons. The lowest BCUT2D eigenvalue weighted by atomic mass is 9.72. The van der Waals surface area contributed by atoms with Crippen LogP contribution in [0.5, 0.6) is 0 Å². The second-order valence-electron chi connectivity index (χ2n) is 6.00. The Hall–Kier alpha value is -0.0800. The van der Waals surface area contributed by atoms with E-state index in [9.17, 15) is 0 Å². The van der Waals surface area contributed by atoms with Crippen molar-refractivity contribution in [3.05, 3.63) is 0 Å². The summed E-state index contributed by atoms with van der Waals surface area (Å²) >= 11 is 0. The summed E-state index contributed by atoms with van der Waals surface area (Å²) in [5.41, 5.74) is 6.50. The number of hydrogen-bond acceptors (Lipinski definition) is 2. The van der Waals surface area contributed by atoms with Gasteiger partial charge in [-0.15, -0.1) is 0 Å². The highest BCUT2D eigenvalue weighted by Crippen LogP contribution is 2.35. The van der Waals surface area contributed by atoms with Gasteiger partial charge in [-0.05, 0) is 30.6 Å². The summed E-state index contributed by atoms with van der Waals surface area (Å²) in [4.78, 5) is 0. The molecule has 1 fully saturated rings. The standard InChI is InChI=1S/C13H27NO/c1-10(2)7-9-15-11-6-5-8-13(3,4)12(11)14/h10-12H,5-9,14H2,1-4H3. The van der Waals surface area contributed by atoms with E-state index in [2.05, 4.69) is 27.7 Å². The van der Waals surface area contributed by atoms with Crippen molar-refractivity contribution in [1.82, 2.24) is 0 Å². The first-order valence-corrected chi connectivity index (χ1v) is 6.30. The van der Waals surface area contributed by atoms with Gasteiger partial charge in [-0.2, -0.15) is 0 Å². The van der Waals surface area contributed by atoms with E-state index in [1.54, 1.807) is 0 Å². The van der Waals surface area contributed by atoms with Gasteiger partial charge in [0.2, 0.25) is 0 Å². The predicted octanol–water partition coefficient (Wildman–Crippen LogP) is 2.96. The van der Waals surface area contributed by atoms with Gasteiger partial charge in [0.15, 0.2) is 0 Å². The van der Waals surface area contributed by atoms with Crippen molar-refractivity contribution in [3.8, 4) is 0 Å². The maximum Gasteiger partial charge on any atom is 0.0731 e. The van der Waals surface area contributed by atoms with Gasteiger partial charge >= 0.3 is 0 Å². The van der Waals surface area contributed by atoms with Crippen molar-refractivity contribution in [3.63, 3.8) is 0 Å². The van der Waals surface area contributed by atoms with E-state index >= 15 is 0 Å². The minimum atomic E-state index is 0.207. The Morgan fingerprint density at radius 2 is 2.07 bits per heavy atom. The molecule has 0 amide bonds. The van der Waals surface area contributed by atoms with Crippen LogP contribution in [0.4, 0.5) is 0 Å². The van der Waals surface area contributed by atoms with Crippen molar-refractivity contribution in [2.75, 3.05) is 6.61 Å². The Morgan fingerprint density at radius 1 is 1.40 bits per heavy atom. The molecule has 0 saturated heterocycles. The van der Waals surface area contributed by atoms with Gasteiger partial charge in [0.05, 0.1) is 6.10 Å². The lowest BCUT2D eigenvalue weighted by molar-refractivity contribution is -0.0276. The maximum atomic E-state index is 6.25. The van der Waals surface area contributed by atoms with Crippen LogP contribution in [-0.4, -0.2) is 18.8 Å². The molecule has 1 saturated carbocycles. The molecule has 0 heterocycles. The van der Waals surface area contributed by atoms with Crippen LogP contribution in [0.2, 0.25) is 0 Å². The van der Waals surface area contributed by atoms with Gasteiger partial charge in [-0.1, -0.05) is 34.1 Å². The summed E-state index contributed by atoms with van der Waals surface area (Å²) in [7, 11) is 0. The molecule has 90 valence electrons.